The Bertz CT molecular complexity index is 323. The molecule has 0 aliphatic carbocycles. The van der Waals surface area contributed by atoms with Crippen LogP contribution in [0.5, 0.6) is 0 Å². The summed E-state index contributed by atoms with van der Waals surface area (Å²) in [5.41, 5.74) is 2.01. The molecular weight excluding hydrogens is 176 g/mol. The second kappa shape index (κ2) is 4.77. The minimum atomic E-state index is -0.0424. The summed E-state index contributed by atoms with van der Waals surface area (Å²) >= 11 is 0. The maximum atomic E-state index is 10.8. The highest BCUT2D eigenvalue weighted by molar-refractivity contribution is 5.88. The average Bonchev–Trinajstić information content (AvgIpc) is 2.16. The number of carbonyl (C=O) groups is 1. The van der Waals surface area contributed by atoms with E-state index in [1.54, 1.807) is 0 Å². The molecule has 0 heterocycles. The molecule has 1 atom stereocenters. The lowest BCUT2D eigenvalue weighted by atomic mass is 10.1. The van der Waals surface area contributed by atoms with Gasteiger partial charge in [-0.3, -0.25) is 4.79 Å². The molecule has 0 radical (unpaired) electrons. The summed E-state index contributed by atoms with van der Waals surface area (Å²) in [4.78, 5) is 10.8. The van der Waals surface area contributed by atoms with Crippen molar-refractivity contribution in [2.75, 3.05) is 12.4 Å². The average molecular weight is 192 g/mol. The molecule has 0 aliphatic rings. The summed E-state index contributed by atoms with van der Waals surface area (Å²) in [5, 5.41) is 5.91. The molecular formula is C11H16N2O. The highest BCUT2D eigenvalue weighted by Crippen LogP contribution is 2.16. The first kappa shape index (κ1) is 10.7. The van der Waals surface area contributed by atoms with E-state index in [9.17, 15) is 4.79 Å². The van der Waals surface area contributed by atoms with E-state index < -0.39 is 0 Å². The third kappa shape index (κ3) is 2.85. The van der Waals surface area contributed by atoms with Crippen molar-refractivity contribution >= 4 is 11.6 Å². The van der Waals surface area contributed by atoms with E-state index in [0.29, 0.717) is 6.04 Å². The lowest BCUT2D eigenvalue weighted by molar-refractivity contribution is -0.114. The molecule has 0 fully saturated rings. The molecule has 3 nitrogen and oxygen atoms in total. The number of rotatable bonds is 3. The normalized spacial score (nSPS) is 12.2. The topological polar surface area (TPSA) is 41.1 Å². The van der Waals surface area contributed by atoms with Crippen molar-refractivity contribution in [1.29, 1.82) is 0 Å². The number of anilines is 1. The van der Waals surface area contributed by atoms with E-state index in [0.717, 1.165) is 5.69 Å². The highest BCUT2D eigenvalue weighted by atomic mass is 16.1. The minimum Gasteiger partial charge on any atom is -0.326 e. The van der Waals surface area contributed by atoms with Crippen LogP contribution in [0.15, 0.2) is 24.3 Å². The summed E-state index contributed by atoms with van der Waals surface area (Å²) in [6.45, 7) is 3.58. The number of amides is 1. The Labute approximate surface area is 84.5 Å². The van der Waals surface area contributed by atoms with Gasteiger partial charge in [-0.05, 0) is 31.7 Å². The number of nitrogens with one attached hydrogen (secondary N) is 2. The van der Waals surface area contributed by atoms with E-state index in [1.165, 1.54) is 12.5 Å². The molecule has 76 valence electrons. The van der Waals surface area contributed by atoms with Gasteiger partial charge in [-0.1, -0.05) is 12.1 Å². The Hall–Kier alpha value is -1.35. The zero-order chi connectivity index (χ0) is 10.6. The van der Waals surface area contributed by atoms with E-state index >= 15 is 0 Å². The zero-order valence-electron chi connectivity index (χ0n) is 8.79. The van der Waals surface area contributed by atoms with Crippen molar-refractivity contribution in [3.63, 3.8) is 0 Å². The van der Waals surface area contributed by atoms with Crippen molar-refractivity contribution in [2.45, 2.75) is 19.9 Å². The number of carbonyl (C=O) groups excluding carboxylic acids is 1. The van der Waals surface area contributed by atoms with Crippen molar-refractivity contribution in [1.82, 2.24) is 5.32 Å². The largest absolute Gasteiger partial charge is 0.326 e. The first-order valence-electron chi connectivity index (χ1n) is 4.68. The third-order valence-electron chi connectivity index (χ3n) is 2.14. The number of hydrogen-bond donors (Lipinski definition) is 2. The van der Waals surface area contributed by atoms with Crippen LogP contribution in [-0.4, -0.2) is 13.0 Å². The van der Waals surface area contributed by atoms with Gasteiger partial charge in [0.05, 0.1) is 0 Å². The SMILES string of the molecule is CNC(C)c1cccc(NC(C)=O)c1. The Morgan fingerprint density at radius 1 is 1.43 bits per heavy atom. The molecule has 1 unspecified atom stereocenters. The van der Waals surface area contributed by atoms with Gasteiger partial charge in [0.1, 0.15) is 0 Å². The van der Waals surface area contributed by atoms with Gasteiger partial charge in [-0.15, -0.1) is 0 Å². The van der Waals surface area contributed by atoms with Crippen LogP contribution in [0.2, 0.25) is 0 Å². The van der Waals surface area contributed by atoms with Gasteiger partial charge < -0.3 is 10.6 Å². The molecule has 0 aliphatic heterocycles. The lowest BCUT2D eigenvalue weighted by Crippen LogP contribution is -2.13. The summed E-state index contributed by atoms with van der Waals surface area (Å²) < 4.78 is 0. The van der Waals surface area contributed by atoms with E-state index in [-0.39, 0.29) is 5.91 Å². The maximum Gasteiger partial charge on any atom is 0.221 e. The molecule has 1 rings (SSSR count). The first-order valence-corrected chi connectivity index (χ1v) is 4.68. The fourth-order valence-corrected chi connectivity index (χ4v) is 1.26. The van der Waals surface area contributed by atoms with Gasteiger partial charge in [0.2, 0.25) is 5.91 Å². The smallest absolute Gasteiger partial charge is 0.221 e. The Morgan fingerprint density at radius 3 is 2.71 bits per heavy atom. The third-order valence-corrected chi connectivity index (χ3v) is 2.14. The zero-order valence-corrected chi connectivity index (χ0v) is 8.79. The molecule has 1 amide bonds. The van der Waals surface area contributed by atoms with Crippen LogP contribution in [0.25, 0.3) is 0 Å². The standard InChI is InChI=1S/C11H16N2O/c1-8(12-3)10-5-4-6-11(7-10)13-9(2)14/h4-8,12H,1-3H3,(H,13,14). The van der Waals surface area contributed by atoms with Crippen molar-refractivity contribution in [3.05, 3.63) is 29.8 Å². The first-order chi connectivity index (χ1) is 6.63. The van der Waals surface area contributed by atoms with Gasteiger partial charge in [0.15, 0.2) is 0 Å². The van der Waals surface area contributed by atoms with Crippen LogP contribution in [0.1, 0.15) is 25.5 Å². The van der Waals surface area contributed by atoms with E-state index in [2.05, 4.69) is 17.6 Å². The maximum absolute atomic E-state index is 10.8. The molecule has 2 N–H and O–H groups in total. The fraction of sp³-hybridized carbons (Fsp3) is 0.364. The van der Waals surface area contributed by atoms with Crippen LogP contribution >= 0.6 is 0 Å². The Morgan fingerprint density at radius 2 is 2.14 bits per heavy atom. The summed E-state index contributed by atoms with van der Waals surface area (Å²) in [6.07, 6.45) is 0. The second-order valence-electron chi connectivity index (χ2n) is 3.32. The summed E-state index contributed by atoms with van der Waals surface area (Å²) in [5.74, 6) is -0.0424. The molecule has 0 aromatic heterocycles. The molecule has 1 aromatic rings. The molecule has 0 spiro atoms. The Kier molecular flexibility index (Phi) is 3.65. The minimum absolute atomic E-state index is 0.0424. The lowest BCUT2D eigenvalue weighted by Gasteiger charge is -2.11. The molecule has 0 saturated heterocycles. The van der Waals surface area contributed by atoms with Crippen LogP contribution < -0.4 is 10.6 Å². The van der Waals surface area contributed by atoms with Crippen molar-refractivity contribution < 1.29 is 4.79 Å². The number of benzene rings is 1. The second-order valence-corrected chi connectivity index (χ2v) is 3.32. The Balaban J connectivity index is 2.83. The van der Waals surface area contributed by atoms with Crippen LogP contribution in [0.3, 0.4) is 0 Å². The quantitative estimate of drug-likeness (QED) is 0.768. The summed E-state index contributed by atoms with van der Waals surface area (Å²) in [7, 11) is 1.91. The highest BCUT2D eigenvalue weighted by Gasteiger charge is 2.03. The molecule has 14 heavy (non-hydrogen) atoms. The van der Waals surface area contributed by atoms with Crippen LogP contribution in [0.4, 0.5) is 5.69 Å². The van der Waals surface area contributed by atoms with Crippen LogP contribution in [0, 0.1) is 0 Å². The summed E-state index contributed by atoms with van der Waals surface area (Å²) in [6, 6.07) is 8.13. The fourth-order valence-electron chi connectivity index (χ4n) is 1.26. The predicted molar refractivity (Wildman–Crippen MR) is 58.2 cm³/mol. The monoisotopic (exact) mass is 192 g/mol. The van der Waals surface area contributed by atoms with Gasteiger partial charge >= 0.3 is 0 Å². The number of hydrogen-bond acceptors (Lipinski definition) is 2. The van der Waals surface area contributed by atoms with Crippen molar-refractivity contribution in [2.24, 2.45) is 0 Å². The van der Waals surface area contributed by atoms with Crippen LogP contribution in [-0.2, 0) is 4.79 Å². The van der Waals surface area contributed by atoms with Gasteiger partial charge in [-0.2, -0.15) is 0 Å². The van der Waals surface area contributed by atoms with Gasteiger partial charge in [0.25, 0.3) is 0 Å². The van der Waals surface area contributed by atoms with Gasteiger partial charge in [0, 0.05) is 18.7 Å². The van der Waals surface area contributed by atoms with E-state index in [4.69, 9.17) is 0 Å². The van der Waals surface area contributed by atoms with Gasteiger partial charge in [-0.25, -0.2) is 0 Å². The molecule has 0 bridgehead atoms. The molecule has 0 saturated carbocycles. The molecule has 3 heteroatoms. The van der Waals surface area contributed by atoms with E-state index in [1.807, 2.05) is 31.3 Å². The van der Waals surface area contributed by atoms with Crippen molar-refractivity contribution in [3.8, 4) is 0 Å². The molecule has 1 aromatic carbocycles. The predicted octanol–water partition coefficient (Wildman–Crippen LogP) is 1.93.